The van der Waals surface area contributed by atoms with Crippen LogP contribution in [0.1, 0.15) is 113 Å². The van der Waals surface area contributed by atoms with E-state index in [1.54, 1.807) is 6.92 Å². The zero-order valence-corrected chi connectivity index (χ0v) is 24.1. The summed E-state index contributed by atoms with van der Waals surface area (Å²) in [6.07, 6.45) is 12.0. The van der Waals surface area contributed by atoms with Gasteiger partial charge in [0.15, 0.2) is 0 Å². The number of hydrogen-bond donors (Lipinski definition) is 1. The normalized spacial score (nSPS) is 50.4. The first kappa shape index (κ1) is 26.3. The third kappa shape index (κ3) is 3.30. The summed E-state index contributed by atoms with van der Waals surface area (Å²) in [4.78, 5) is 11.9. The Bertz CT molecular complexity index is 968. The zero-order valence-electron chi connectivity index (χ0n) is 24.1. The Morgan fingerprint density at radius 1 is 0.944 bits per heavy atom. The minimum atomic E-state index is -0.136. The van der Waals surface area contributed by atoms with Gasteiger partial charge in [-0.25, -0.2) is 0 Å². The lowest BCUT2D eigenvalue weighted by molar-refractivity contribution is -0.231. The standard InChI is InChI=1S/C32H51NO3/c1-20(2)22-11-16-32(19-36-21(3)34)18-17-30(7)23(27(22)32)9-10-25-29(6)14-13-26(33-35)28(4,5)24(29)12-15-31(25,30)8/h22-25,27,35H,1,9-19H2,2-8H3. The van der Waals surface area contributed by atoms with Crippen molar-refractivity contribution in [3.05, 3.63) is 12.2 Å². The number of nitrogens with zero attached hydrogens (tertiary/aromatic N) is 1. The summed E-state index contributed by atoms with van der Waals surface area (Å²) in [5.41, 5.74) is 3.32. The van der Waals surface area contributed by atoms with Gasteiger partial charge >= 0.3 is 5.97 Å². The monoisotopic (exact) mass is 497 g/mol. The van der Waals surface area contributed by atoms with Crippen LogP contribution in [0.4, 0.5) is 0 Å². The van der Waals surface area contributed by atoms with Crippen molar-refractivity contribution in [3.8, 4) is 0 Å². The van der Waals surface area contributed by atoms with Crippen LogP contribution >= 0.6 is 0 Å². The highest BCUT2D eigenvalue weighted by molar-refractivity contribution is 5.90. The van der Waals surface area contributed by atoms with Gasteiger partial charge in [0.1, 0.15) is 0 Å². The van der Waals surface area contributed by atoms with Crippen molar-refractivity contribution in [2.75, 3.05) is 6.61 Å². The number of allylic oxidation sites excluding steroid dienone is 1. The van der Waals surface area contributed by atoms with Crippen molar-refractivity contribution in [2.45, 2.75) is 113 Å². The number of rotatable bonds is 3. The van der Waals surface area contributed by atoms with Crippen LogP contribution in [0.2, 0.25) is 0 Å². The fourth-order valence-corrected chi connectivity index (χ4v) is 11.8. The van der Waals surface area contributed by atoms with Crippen molar-refractivity contribution >= 4 is 11.7 Å². The molecule has 9 atom stereocenters. The first-order valence-electron chi connectivity index (χ1n) is 14.8. The van der Waals surface area contributed by atoms with Gasteiger partial charge < -0.3 is 9.94 Å². The summed E-state index contributed by atoms with van der Waals surface area (Å²) in [5, 5.41) is 13.6. The summed E-state index contributed by atoms with van der Waals surface area (Å²) in [6.45, 7) is 21.5. The van der Waals surface area contributed by atoms with Crippen LogP contribution in [-0.2, 0) is 9.53 Å². The first-order valence-corrected chi connectivity index (χ1v) is 14.8. The minimum absolute atomic E-state index is 0.0386. The van der Waals surface area contributed by atoms with Crippen molar-refractivity contribution in [3.63, 3.8) is 0 Å². The number of carbonyl (C=O) groups is 1. The topological polar surface area (TPSA) is 58.9 Å². The molecule has 5 saturated carbocycles. The highest BCUT2D eigenvalue weighted by atomic mass is 16.5. The van der Waals surface area contributed by atoms with Gasteiger partial charge in [-0.2, -0.15) is 0 Å². The number of fused-ring (bicyclic) bond motifs is 7. The Kier molecular flexibility index (Phi) is 6.09. The molecule has 0 amide bonds. The molecule has 0 aliphatic heterocycles. The Hall–Kier alpha value is -1.32. The van der Waals surface area contributed by atoms with E-state index in [1.807, 2.05) is 0 Å². The van der Waals surface area contributed by atoms with Crippen LogP contribution < -0.4 is 0 Å². The molecule has 202 valence electrons. The van der Waals surface area contributed by atoms with E-state index in [1.165, 1.54) is 56.9 Å². The van der Waals surface area contributed by atoms with Gasteiger partial charge in [-0.3, -0.25) is 4.79 Å². The average molecular weight is 498 g/mol. The Labute approximate surface area is 219 Å². The van der Waals surface area contributed by atoms with Crippen molar-refractivity contribution in [1.29, 1.82) is 0 Å². The van der Waals surface area contributed by atoms with Crippen LogP contribution in [0.15, 0.2) is 17.3 Å². The van der Waals surface area contributed by atoms with E-state index in [-0.39, 0.29) is 22.2 Å². The summed E-state index contributed by atoms with van der Waals surface area (Å²) in [6, 6.07) is 0. The maximum Gasteiger partial charge on any atom is 0.302 e. The molecule has 5 aliphatic carbocycles. The molecule has 0 aromatic rings. The van der Waals surface area contributed by atoms with E-state index in [0.29, 0.717) is 47.0 Å². The summed E-state index contributed by atoms with van der Waals surface area (Å²) in [5.74, 6) is 2.93. The number of hydrogen-bond acceptors (Lipinski definition) is 4. The molecule has 0 aromatic heterocycles. The molecular formula is C32H51NO3. The summed E-state index contributed by atoms with van der Waals surface area (Å²) >= 11 is 0. The SMILES string of the molecule is C=C(C)C1CCC2(COC(C)=O)CCC3(C)C(CCC4C5(C)CCC(=NO)C(C)(C)C5CCC43C)C12. The maximum atomic E-state index is 11.9. The lowest BCUT2D eigenvalue weighted by Crippen LogP contribution is -2.66. The van der Waals surface area contributed by atoms with E-state index in [2.05, 4.69) is 53.3 Å². The predicted octanol–water partition coefficient (Wildman–Crippen LogP) is 8.04. The second kappa shape index (κ2) is 8.34. The number of ether oxygens (including phenoxy) is 1. The van der Waals surface area contributed by atoms with E-state index in [4.69, 9.17) is 4.74 Å². The molecule has 9 unspecified atom stereocenters. The molecule has 0 saturated heterocycles. The van der Waals surface area contributed by atoms with Crippen molar-refractivity contribution in [2.24, 2.45) is 61.8 Å². The molecule has 1 N–H and O–H groups in total. The lowest BCUT2D eigenvalue weighted by Gasteiger charge is -2.72. The third-order valence-corrected chi connectivity index (χ3v) is 13.7. The zero-order chi connectivity index (χ0) is 26.3. The van der Waals surface area contributed by atoms with Crippen LogP contribution in [0.3, 0.4) is 0 Å². The van der Waals surface area contributed by atoms with Gasteiger partial charge in [0.05, 0.1) is 12.3 Å². The highest BCUT2D eigenvalue weighted by Gasteiger charge is 2.70. The molecule has 5 rings (SSSR count). The molecule has 4 nitrogen and oxygen atoms in total. The molecule has 5 fully saturated rings. The van der Waals surface area contributed by atoms with Gasteiger partial charge in [-0.15, -0.1) is 0 Å². The highest BCUT2D eigenvalue weighted by Crippen LogP contribution is 2.77. The van der Waals surface area contributed by atoms with Gasteiger partial charge in [-0.1, -0.05) is 51.9 Å². The van der Waals surface area contributed by atoms with E-state index >= 15 is 0 Å². The molecule has 36 heavy (non-hydrogen) atoms. The van der Waals surface area contributed by atoms with Gasteiger partial charge in [0.2, 0.25) is 0 Å². The van der Waals surface area contributed by atoms with Crippen LogP contribution in [0, 0.1) is 56.7 Å². The molecule has 0 spiro atoms. The second-order valence-electron chi connectivity index (χ2n) is 15.1. The third-order valence-electron chi connectivity index (χ3n) is 13.7. The number of esters is 1. The Morgan fingerprint density at radius 3 is 2.31 bits per heavy atom. The molecule has 0 heterocycles. The summed E-state index contributed by atoms with van der Waals surface area (Å²) < 4.78 is 5.79. The minimum Gasteiger partial charge on any atom is -0.465 e. The summed E-state index contributed by atoms with van der Waals surface area (Å²) in [7, 11) is 0. The fourth-order valence-electron chi connectivity index (χ4n) is 11.8. The fraction of sp³-hybridized carbons (Fsp3) is 0.875. The van der Waals surface area contributed by atoms with E-state index in [0.717, 1.165) is 18.6 Å². The van der Waals surface area contributed by atoms with Crippen molar-refractivity contribution in [1.82, 2.24) is 0 Å². The van der Waals surface area contributed by atoms with E-state index in [9.17, 15) is 10.0 Å². The molecule has 4 heteroatoms. The number of oxime groups is 1. The van der Waals surface area contributed by atoms with Crippen LogP contribution in [0.25, 0.3) is 0 Å². The largest absolute Gasteiger partial charge is 0.465 e. The Balaban J connectivity index is 1.53. The average Bonchev–Trinajstić information content (AvgIpc) is 3.18. The van der Waals surface area contributed by atoms with Gasteiger partial charge in [-0.05, 0) is 117 Å². The molecule has 5 aliphatic rings. The first-order chi connectivity index (χ1) is 16.8. The van der Waals surface area contributed by atoms with Crippen molar-refractivity contribution < 1.29 is 14.7 Å². The number of carbonyl (C=O) groups excluding carboxylic acids is 1. The van der Waals surface area contributed by atoms with E-state index < -0.39 is 0 Å². The molecule has 0 aromatic carbocycles. The Morgan fingerprint density at radius 2 is 1.67 bits per heavy atom. The van der Waals surface area contributed by atoms with Crippen LogP contribution in [0.5, 0.6) is 0 Å². The maximum absolute atomic E-state index is 11.9. The van der Waals surface area contributed by atoms with Gasteiger partial charge in [0, 0.05) is 17.8 Å². The lowest BCUT2D eigenvalue weighted by atomic mass is 9.32. The van der Waals surface area contributed by atoms with Crippen LogP contribution in [-0.4, -0.2) is 23.5 Å². The molecule has 0 bridgehead atoms. The quantitative estimate of drug-likeness (QED) is 0.186. The molecular weight excluding hydrogens is 446 g/mol. The molecule has 0 radical (unpaired) electrons. The second-order valence-corrected chi connectivity index (χ2v) is 15.1. The smallest absolute Gasteiger partial charge is 0.302 e. The van der Waals surface area contributed by atoms with Gasteiger partial charge in [0.25, 0.3) is 0 Å². The predicted molar refractivity (Wildman–Crippen MR) is 145 cm³/mol.